The molecule has 0 saturated heterocycles. The van der Waals surface area contributed by atoms with Gasteiger partial charge in [0.25, 0.3) is 5.91 Å². The Morgan fingerprint density at radius 3 is 2.25 bits per heavy atom. The van der Waals surface area contributed by atoms with Gasteiger partial charge in [-0.25, -0.2) is 4.39 Å². The molecule has 0 radical (unpaired) electrons. The molecule has 0 aliphatic rings. The van der Waals surface area contributed by atoms with Crippen molar-refractivity contribution < 1.29 is 18.7 Å². The van der Waals surface area contributed by atoms with Crippen LogP contribution in [0.2, 0.25) is 0 Å². The number of benzene rings is 3. The van der Waals surface area contributed by atoms with E-state index in [2.05, 4.69) is 10.4 Å². The Kier molecular flexibility index (Phi) is 6.46. The Balaban J connectivity index is 1.30. The molecule has 4 aromatic rings. The van der Waals surface area contributed by atoms with Crippen molar-refractivity contribution in [1.82, 2.24) is 9.78 Å². The zero-order chi connectivity index (χ0) is 22.3. The average Bonchev–Trinajstić information content (AvgIpc) is 3.26. The largest absolute Gasteiger partial charge is 0.497 e. The standard InChI is InChI=1S/C25H22FN3O3/c1-31-22-10-12-23(13-11-22)32-17-19-2-6-20(7-3-19)25(30)27-24-14-15-29(28-24)16-18-4-8-21(26)9-5-18/h2-15H,16-17H2,1H3,(H,27,28,30). The van der Waals surface area contributed by atoms with Crippen molar-refractivity contribution in [3.63, 3.8) is 0 Å². The van der Waals surface area contributed by atoms with E-state index in [1.54, 1.807) is 48.3 Å². The minimum absolute atomic E-state index is 0.250. The van der Waals surface area contributed by atoms with Crippen molar-refractivity contribution in [2.24, 2.45) is 0 Å². The first-order chi connectivity index (χ1) is 15.6. The van der Waals surface area contributed by atoms with Gasteiger partial charge in [0.2, 0.25) is 0 Å². The van der Waals surface area contributed by atoms with Gasteiger partial charge in [-0.3, -0.25) is 9.48 Å². The number of hydrogen-bond donors (Lipinski definition) is 1. The van der Waals surface area contributed by atoms with Gasteiger partial charge in [0.1, 0.15) is 23.9 Å². The summed E-state index contributed by atoms with van der Waals surface area (Å²) in [6.45, 7) is 0.876. The second-order valence-electron chi connectivity index (χ2n) is 7.14. The molecule has 3 aromatic carbocycles. The zero-order valence-corrected chi connectivity index (χ0v) is 17.5. The Bertz CT molecular complexity index is 1170. The molecule has 1 amide bonds. The first-order valence-corrected chi connectivity index (χ1v) is 10.0. The third-order valence-electron chi connectivity index (χ3n) is 4.82. The smallest absolute Gasteiger partial charge is 0.256 e. The molecule has 4 rings (SSSR count). The maximum atomic E-state index is 13.0. The van der Waals surface area contributed by atoms with Crippen LogP contribution in [-0.2, 0) is 13.2 Å². The van der Waals surface area contributed by atoms with E-state index < -0.39 is 0 Å². The Labute approximate surface area is 185 Å². The van der Waals surface area contributed by atoms with Gasteiger partial charge in [-0.15, -0.1) is 0 Å². The summed E-state index contributed by atoms with van der Waals surface area (Å²) in [6.07, 6.45) is 1.76. The van der Waals surface area contributed by atoms with Gasteiger partial charge in [0.05, 0.1) is 13.7 Å². The Morgan fingerprint density at radius 1 is 0.906 bits per heavy atom. The summed E-state index contributed by atoms with van der Waals surface area (Å²) in [5, 5.41) is 7.14. The summed E-state index contributed by atoms with van der Waals surface area (Å²) in [6, 6.07) is 22.5. The van der Waals surface area contributed by atoms with Crippen LogP contribution >= 0.6 is 0 Å². The van der Waals surface area contributed by atoms with Crippen molar-refractivity contribution in [3.05, 3.63) is 108 Å². The monoisotopic (exact) mass is 431 g/mol. The maximum absolute atomic E-state index is 13.0. The number of nitrogens with zero attached hydrogens (tertiary/aromatic N) is 2. The molecular formula is C25H22FN3O3. The summed E-state index contributed by atoms with van der Waals surface area (Å²) < 4.78 is 25.6. The Morgan fingerprint density at radius 2 is 1.56 bits per heavy atom. The van der Waals surface area contributed by atoms with Crippen LogP contribution in [0, 0.1) is 5.82 Å². The predicted octanol–water partition coefficient (Wildman–Crippen LogP) is 4.91. The normalized spacial score (nSPS) is 10.6. The van der Waals surface area contributed by atoms with Crippen LogP contribution in [0.3, 0.4) is 0 Å². The first-order valence-electron chi connectivity index (χ1n) is 10.0. The van der Waals surface area contributed by atoms with Crippen molar-refractivity contribution in [1.29, 1.82) is 0 Å². The van der Waals surface area contributed by atoms with Gasteiger partial charge >= 0.3 is 0 Å². The highest BCUT2D eigenvalue weighted by atomic mass is 19.1. The molecule has 162 valence electrons. The summed E-state index contributed by atoms with van der Waals surface area (Å²) in [7, 11) is 1.62. The van der Waals surface area contributed by atoms with Crippen LogP contribution in [0.5, 0.6) is 11.5 Å². The average molecular weight is 431 g/mol. The number of anilines is 1. The van der Waals surface area contributed by atoms with Gasteiger partial charge in [-0.2, -0.15) is 5.10 Å². The molecule has 1 aromatic heterocycles. The molecule has 7 heteroatoms. The molecule has 0 aliphatic carbocycles. The minimum atomic E-state index is -0.277. The van der Waals surface area contributed by atoms with Crippen molar-refractivity contribution in [3.8, 4) is 11.5 Å². The molecule has 0 aliphatic heterocycles. The number of carbonyl (C=O) groups is 1. The van der Waals surface area contributed by atoms with E-state index in [9.17, 15) is 9.18 Å². The van der Waals surface area contributed by atoms with Gasteiger partial charge in [-0.1, -0.05) is 24.3 Å². The fourth-order valence-corrected chi connectivity index (χ4v) is 3.07. The number of aromatic nitrogens is 2. The number of carbonyl (C=O) groups excluding carboxylic acids is 1. The van der Waals surface area contributed by atoms with E-state index in [4.69, 9.17) is 9.47 Å². The number of nitrogens with one attached hydrogen (secondary N) is 1. The molecule has 6 nitrogen and oxygen atoms in total. The number of hydrogen-bond acceptors (Lipinski definition) is 4. The molecule has 32 heavy (non-hydrogen) atoms. The quantitative estimate of drug-likeness (QED) is 0.431. The third-order valence-corrected chi connectivity index (χ3v) is 4.82. The summed E-state index contributed by atoms with van der Waals surface area (Å²) >= 11 is 0. The zero-order valence-electron chi connectivity index (χ0n) is 17.5. The van der Waals surface area contributed by atoms with E-state index >= 15 is 0 Å². The summed E-state index contributed by atoms with van der Waals surface area (Å²) in [5.41, 5.74) is 2.38. The highest BCUT2D eigenvalue weighted by Crippen LogP contribution is 2.18. The van der Waals surface area contributed by atoms with Crippen LogP contribution in [0.15, 0.2) is 85.1 Å². The van der Waals surface area contributed by atoms with Gasteiger partial charge < -0.3 is 14.8 Å². The highest BCUT2D eigenvalue weighted by molar-refractivity contribution is 6.03. The van der Waals surface area contributed by atoms with E-state index in [0.29, 0.717) is 24.5 Å². The molecule has 0 spiro atoms. The van der Waals surface area contributed by atoms with Crippen molar-refractivity contribution in [2.75, 3.05) is 12.4 Å². The summed E-state index contributed by atoms with van der Waals surface area (Å²) in [4.78, 5) is 12.5. The molecule has 0 saturated carbocycles. The predicted molar refractivity (Wildman–Crippen MR) is 119 cm³/mol. The molecule has 0 atom stereocenters. The molecule has 0 bridgehead atoms. The second-order valence-corrected chi connectivity index (χ2v) is 7.14. The van der Waals surface area contributed by atoms with Gasteiger partial charge in [0.15, 0.2) is 5.82 Å². The van der Waals surface area contributed by atoms with E-state index in [-0.39, 0.29) is 11.7 Å². The third kappa shape index (κ3) is 5.51. The molecule has 1 heterocycles. The second kappa shape index (κ2) is 9.78. The fourth-order valence-electron chi connectivity index (χ4n) is 3.07. The Hall–Kier alpha value is -4.13. The van der Waals surface area contributed by atoms with Gasteiger partial charge in [-0.05, 0) is 59.7 Å². The van der Waals surface area contributed by atoms with Crippen LogP contribution < -0.4 is 14.8 Å². The van der Waals surface area contributed by atoms with Crippen molar-refractivity contribution >= 4 is 11.7 Å². The van der Waals surface area contributed by atoms with Crippen LogP contribution in [0.4, 0.5) is 10.2 Å². The molecule has 1 N–H and O–H groups in total. The fraction of sp³-hybridized carbons (Fsp3) is 0.120. The SMILES string of the molecule is COc1ccc(OCc2ccc(C(=O)Nc3ccn(Cc4ccc(F)cc4)n3)cc2)cc1. The van der Waals surface area contributed by atoms with Crippen LogP contribution in [0.1, 0.15) is 21.5 Å². The molecule has 0 unspecified atom stereocenters. The lowest BCUT2D eigenvalue weighted by Gasteiger charge is -2.08. The molecule has 0 fully saturated rings. The van der Waals surface area contributed by atoms with Crippen LogP contribution in [0.25, 0.3) is 0 Å². The number of ether oxygens (including phenoxy) is 2. The number of halogens is 1. The van der Waals surface area contributed by atoms with Gasteiger partial charge in [0, 0.05) is 17.8 Å². The number of amides is 1. The lowest BCUT2D eigenvalue weighted by atomic mass is 10.1. The van der Waals surface area contributed by atoms with E-state index in [1.807, 2.05) is 36.4 Å². The van der Waals surface area contributed by atoms with E-state index in [1.165, 1.54) is 12.1 Å². The minimum Gasteiger partial charge on any atom is -0.497 e. The van der Waals surface area contributed by atoms with Crippen molar-refractivity contribution in [2.45, 2.75) is 13.2 Å². The maximum Gasteiger partial charge on any atom is 0.256 e. The number of methoxy groups -OCH3 is 1. The highest BCUT2D eigenvalue weighted by Gasteiger charge is 2.09. The lowest BCUT2D eigenvalue weighted by Crippen LogP contribution is -2.13. The first kappa shape index (κ1) is 21.1. The lowest BCUT2D eigenvalue weighted by molar-refractivity contribution is 0.102. The van der Waals surface area contributed by atoms with Crippen LogP contribution in [-0.4, -0.2) is 22.8 Å². The topological polar surface area (TPSA) is 65.4 Å². The summed E-state index contributed by atoms with van der Waals surface area (Å²) in [5.74, 6) is 1.43. The number of rotatable bonds is 8. The van der Waals surface area contributed by atoms with E-state index in [0.717, 1.165) is 22.6 Å². The molecular weight excluding hydrogens is 409 g/mol.